The Kier molecular flexibility index (Phi) is 9.38. The molecule has 2 atom stereocenters. The van der Waals surface area contributed by atoms with E-state index in [0.717, 1.165) is 42.8 Å². The summed E-state index contributed by atoms with van der Waals surface area (Å²) in [5, 5.41) is 7.67. The molecule has 1 aliphatic rings. The zero-order chi connectivity index (χ0) is 28.8. The second-order valence-corrected chi connectivity index (χ2v) is 13.2. The number of ether oxygens (including phenoxy) is 1. The normalized spacial score (nSPS) is 16.7. The summed E-state index contributed by atoms with van der Waals surface area (Å²) in [6.07, 6.45) is 6.45. The maximum atomic E-state index is 13.0. The number of hydrogen-bond acceptors (Lipinski definition) is 10. The van der Waals surface area contributed by atoms with Crippen molar-refractivity contribution < 1.29 is 22.7 Å². The molecule has 0 spiro atoms. The lowest BCUT2D eigenvalue weighted by Gasteiger charge is -2.38. The van der Waals surface area contributed by atoms with Crippen LogP contribution in [0.15, 0.2) is 64.4 Å². The van der Waals surface area contributed by atoms with Gasteiger partial charge in [0.05, 0.1) is 0 Å². The summed E-state index contributed by atoms with van der Waals surface area (Å²) in [5.74, 6) is -0.666. The Morgan fingerprint density at radius 1 is 1.10 bits per heavy atom. The Bertz CT molecular complexity index is 1380. The maximum Gasteiger partial charge on any atom is 0.326 e. The van der Waals surface area contributed by atoms with E-state index in [-0.39, 0.29) is 16.9 Å². The molecule has 3 heterocycles. The third-order valence-electron chi connectivity index (χ3n) is 6.04. The van der Waals surface area contributed by atoms with Crippen LogP contribution in [0.1, 0.15) is 50.4 Å². The highest BCUT2D eigenvalue weighted by atomic mass is 32.2. The number of esters is 1. The first-order chi connectivity index (χ1) is 19.0. The van der Waals surface area contributed by atoms with Gasteiger partial charge in [0.25, 0.3) is 15.9 Å². The highest BCUT2D eigenvalue weighted by Gasteiger charge is 2.31. The van der Waals surface area contributed by atoms with Crippen LogP contribution in [0.4, 0.5) is 11.6 Å². The van der Waals surface area contributed by atoms with Crippen LogP contribution in [0.5, 0.6) is 0 Å². The standard InChI is InChI=1S/C27H34N6O5S2/c1-27(2,3)38-25(35)21(32-40(36,37)23-9-6-17-39-23)18-30-24(34)19-10-12-20(13-11-19)33-16-5-4-8-22(33)31-26-28-14-7-15-29-26/h6-7,9-15,17,21-22,32H,4-5,8,16,18H2,1-3H3,(H,30,34)(H,28,29,31). The van der Waals surface area contributed by atoms with E-state index in [2.05, 4.69) is 30.2 Å². The van der Waals surface area contributed by atoms with E-state index in [4.69, 9.17) is 4.74 Å². The number of rotatable bonds is 10. The van der Waals surface area contributed by atoms with Gasteiger partial charge < -0.3 is 20.3 Å². The summed E-state index contributed by atoms with van der Waals surface area (Å²) < 4.78 is 33.4. The van der Waals surface area contributed by atoms with Crippen LogP contribution in [-0.2, 0) is 19.6 Å². The zero-order valence-corrected chi connectivity index (χ0v) is 24.3. The number of anilines is 2. The van der Waals surface area contributed by atoms with Gasteiger partial charge in [0, 0.05) is 36.7 Å². The summed E-state index contributed by atoms with van der Waals surface area (Å²) in [6.45, 7) is 5.62. The van der Waals surface area contributed by atoms with E-state index in [1.165, 1.54) is 6.07 Å². The lowest BCUT2D eigenvalue weighted by atomic mass is 10.1. The lowest BCUT2D eigenvalue weighted by molar-refractivity contribution is -0.156. The number of nitrogens with one attached hydrogen (secondary N) is 3. The van der Waals surface area contributed by atoms with Crippen LogP contribution >= 0.6 is 11.3 Å². The second-order valence-electron chi connectivity index (χ2n) is 10.3. The first kappa shape index (κ1) is 29.4. The molecule has 2 unspecified atom stereocenters. The van der Waals surface area contributed by atoms with Gasteiger partial charge in [0.1, 0.15) is 22.0 Å². The molecular weight excluding hydrogens is 552 g/mol. The number of carbonyl (C=O) groups excluding carboxylic acids is 2. The Hall–Kier alpha value is -3.55. The topological polar surface area (TPSA) is 143 Å². The summed E-state index contributed by atoms with van der Waals surface area (Å²) in [5.41, 5.74) is 0.484. The fraction of sp³-hybridized carbons (Fsp3) is 0.407. The third kappa shape index (κ3) is 7.99. The predicted octanol–water partition coefficient (Wildman–Crippen LogP) is 3.39. The highest BCUT2D eigenvalue weighted by Crippen LogP contribution is 2.25. The van der Waals surface area contributed by atoms with Gasteiger partial charge in [-0.05, 0) is 81.8 Å². The van der Waals surface area contributed by atoms with Crippen LogP contribution < -0.4 is 20.3 Å². The molecule has 1 fully saturated rings. The first-order valence-corrected chi connectivity index (χ1v) is 15.4. The first-order valence-electron chi connectivity index (χ1n) is 13.0. The van der Waals surface area contributed by atoms with Crippen molar-refractivity contribution in [1.29, 1.82) is 0 Å². The van der Waals surface area contributed by atoms with Crippen molar-refractivity contribution in [3.63, 3.8) is 0 Å². The number of piperidine rings is 1. The van der Waals surface area contributed by atoms with Gasteiger partial charge in [-0.2, -0.15) is 4.72 Å². The molecule has 1 saturated heterocycles. The quantitative estimate of drug-likeness (QED) is 0.305. The molecule has 1 aromatic carbocycles. The highest BCUT2D eigenvalue weighted by molar-refractivity contribution is 7.91. The zero-order valence-electron chi connectivity index (χ0n) is 22.7. The van der Waals surface area contributed by atoms with Crippen LogP contribution in [0.25, 0.3) is 0 Å². The van der Waals surface area contributed by atoms with Crippen molar-refractivity contribution in [2.75, 3.05) is 23.3 Å². The fourth-order valence-corrected chi connectivity index (χ4v) is 6.42. The van der Waals surface area contributed by atoms with E-state index in [1.807, 2.05) is 12.1 Å². The van der Waals surface area contributed by atoms with Crippen molar-refractivity contribution in [3.05, 3.63) is 65.8 Å². The minimum absolute atomic E-state index is 0.0155. The van der Waals surface area contributed by atoms with E-state index in [1.54, 1.807) is 62.8 Å². The maximum absolute atomic E-state index is 13.0. The van der Waals surface area contributed by atoms with Crippen LogP contribution in [0.2, 0.25) is 0 Å². The van der Waals surface area contributed by atoms with Gasteiger partial charge in [-0.15, -0.1) is 11.3 Å². The molecule has 13 heteroatoms. The molecule has 0 radical (unpaired) electrons. The van der Waals surface area contributed by atoms with Crippen molar-refractivity contribution >= 4 is 44.9 Å². The lowest BCUT2D eigenvalue weighted by Crippen LogP contribution is -2.50. The Balaban J connectivity index is 1.42. The van der Waals surface area contributed by atoms with Gasteiger partial charge in [-0.3, -0.25) is 9.59 Å². The molecule has 1 aliphatic heterocycles. The third-order valence-corrected chi connectivity index (χ3v) is 8.91. The van der Waals surface area contributed by atoms with E-state index in [0.29, 0.717) is 11.5 Å². The monoisotopic (exact) mass is 586 g/mol. The summed E-state index contributed by atoms with van der Waals surface area (Å²) in [7, 11) is -3.98. The number of aromatic nitrogens is 2. The molecule has 214 valence electrons. The number of sulfonamides is 1. The smallest absolute Gasteiger partial charge is 0.326 e. The van der Waals surface area contributed by atoms with Crippen LogP contribution in [-0.4, -0.2) is 61.2 Å². The minimum atomic E-state index is -3.98. The number of benzene rings is 1. The number of amides is 1. The van der Waals surface area contributed by atoms with Gasteiger partial charge >= 0.3 is 5.97 Å². The molecule has 3 aromatic rings. The summed E-state index contributed by atoms with van der Waals surface area (Å²) in [4.78, 5) is 36.5. The molecule has 1 amide bonds. The van der Waals surface area contributed by atoms with Crippen molar-refractivity contribution in [2.24, 2.45) is 0 Å². The van der Waals surface area contributed by atoms with Crippen molar-refractivity contribution in [1.82, 2.24) is 20.0 Å². The van der Waals surface area contributed by atoms with Crippen LogP contribution in [0, 0.1) is 0 Å². The number of thiophene rings is 1. The molecule has 40 heavy (non-hydrogen) atoms. The predicted molar refractivity (Wildman–Crippen MR) is 154 cm³/mol. The number of hydrogen-bond donors (Lipinski definition) is 3. The molecule has 3 N–H and O–H groups in total. The van der Waals surface area contributed by atoms with Crippen molar-refractivity contribution in [3.8, 4) is 0 Å². The molecule has 2 aromatic heterocycles. The Labute approximate surface area is 238 Å². The Morgan fingerprint density at radius 2 is 1.82 bits per heavy atom. The van der Waals surface area contributed by atoms with E-state index >= 15 is 0 Å². The largest absolute Gasteiger partial charge is 0.459 e. The van der Waals surface area contributed by atoms with Gasteiger partial charge in [-0.25, -0.2) is 18.4 Å². The molecule has 11 nitrogen and oxygen atoms in total. The SMILES string of the molecule is CC(C)(C)OC(=O)C(CNC(=O)c1ccc(N2CCCCC2Nc2ncccn2)cc1)NS(=O)(=O)c1cccs1. The Morgan fingerprint density at radius 3 is 2.48 bits per heavy atom. The van der Waals surface area contributed by atoms with Gasteiger partial charge in [0.15, 0.2) is 0 Å². The number of nitrogens with zero attached hydrogens (tertiary/aromatic N) is 3. The molecular formula is C27H34N6O5S2. The average molecular weight is 587 g/mol. The second kappa shape index (κ2) is 12.7. The van der Waals surface area contributed by atoms with E-state index in [9.17, 15) is 18.0 Å². The van der Waals surface area contributed by atoms with Gasteiger partial charge in [0.2, 0.25) is 5.95 Å². The molecule has 0 bridgehead atoms. The average Bonchev–Trinajstić information content (AvgIpc) is 3.47. The van der Waals surface area contributed by atoms with Gasteiger partial charge in [-0.1, -0.05) is 6.07 Å². The fourth-order valence-electron chi connectivity index (χ4n) is 4.22. The molecule has 4 rings (SSSR count). The van der Waals surface area contributed by atoms with Crippen LogP contribution in [0.3, 0.4) is 0 Å². The minimum Gasteiger partial charge on any atom is -0.459 e. The molecule has 0 aliphatic carbocycles. The summed E-state index contributed by atoms with van der Waals surface area (Å²) in [6, 6.07) is 10.6. The van der Waals surface area contributed by atoms with Crippen molar-refractivity contribution in [2.45, 2.75) is 62.1 Å². The molecule has 0 saturated carbocycles. The number of carbonyl (C=O) groups is 2. The van der Waals surface area contributed by atoms with E-state index < -0.39 is 33.5 Å². The summed E-state index contributed by atoms with van der Waals surface area (Å²) >= 11 is 1.03.